The molecule has 0 unspecified atom stereocenters. The van der Waals surface area contributed by atoms with Crippen LogP contribution in [0, 0.1) is 13.8 Å². The predicted octanol–water partition coefficient (Wildman–Crippen LogP) is 5.52. The fourth-order valence-corrected chi connectivity index (χ4v) is 3.37. The van der Waals surface area contributed by atoms with Gasteiger partial charge in [-0.1, -0.05) is 17.2 Å². The Balaban J connectivity index is 2.67. The van der Waals surface area contributed by atoms with Crippen molar-refractivity contribution >= 4 is 23.0 Å². The summed E-state index contributed by atoms with van der Waals surface area (Å²) < 4.78 is 7.48. The highest BCUT2D eigenvalue weighted by Gasteiger charge is 2.26. The third-order valence-electron chi connectivity index (χ3n) is 4.53. The summed E-state index contributed by atoms with van der Waals surface area (Å²) in [6.07, 6.45) is -0.0499. The molecule has 0 spiro atoms. The fourth-order valence-electron chi connectivity index (χ4n) is 3.03. The maximum absolute atomic E-state index is 13.4. The van der Waals surface area contributed by atoms with Crippen LogP contribution in [0.15, 0.2) is 17.7 Å². The number of ketones is 1. The molecule has 1 aromatic heterocycles. The molecule has 4 nitrogen and oxygen atoms in total. The van der Waals surface area contributed by atoms with Crippen LogP contribution in [-0.4, -0.2) is 21.7 Å². The van der Waals surface area contributed by atoms with E-state index in [0.29, 0.717) is 27.7 Å². The van der Waals surface area contributed by atoms with Crippen molar-refractivity contribution < 1.29 is 9.53 Å². The first-order chi connectivity index (χ1) is 12.1. The van der Waals surface area contributed by atoms with Crippen molar-refractivity contribution in [1.29, 1.82) is 0 Å². The monoisotopic (exact) mass is 374 g/mol. The zero-order valence-electron chi connectivity index (χ0n) is 16.8. The summed E-state index contributed by atoms with van der Waals surface area (Å²) in [5.74, 6) is 0.403. The van der Waals surface area contributed by atoms with Crippen molar-refractivity contribution in [3.63, 3.8) is 0 Å². The summed E-state index contributed by atoms with van der Waals surface area (Å²) >= 11 is 6.44. The highest BCUT2D eigenvalue weighted by molar-refractivity contribution is 6.32. The summed E-state index contributed by atoms with van der Waals surface area (Å²) in [4.78, 5) is 13.4. The summed E-state index contributed by atoms with van der Waals surface area (Å²) in [5.41, 5.74) is 5.83. The lowest BCUT2D eigenvalue weighted by atomic mass is 9.91. The SMILES string of the molecule is CC(C)=C(C)c1c(Cl)ccc(C(=O)c2c(C)nn(C)c2OC(C)C)c1C. The Morgan fingerprint density at radius 2 is 1.77 bits per heavy atom. The molecular weight excluding hydrogens is 348 g/mol. The number of benzene rings is 1. The average Bonchev–Trinajstić information content (AvgIpc) is 2.79. The minimum absolute atomic E-state index is 0.0499. The second-order valence-corrected chi connectivity index (χ2v) is 7.51. The standard InChI is InChI=1S/C21H27ClN2O2/c1-11(2)13(5)18-14(6)16(9-10-17(18)22)20(25)19-15(7)23-24(8)21(19)26-12(3)4/h9-10,12H,1-8H3. The van der Waals surface area contributed by atoms with Crippen LogP contribution in [0.25, 0.3) is 5.57 Å². The fraction of sp³-hybridized carbons (Fsp3) is 0.429. The molecule has 0 bridgehead atoms. The van der Waals surface area contributed by atoms with Gasteiger partial charge in [-0.05, 0) is 77.3 Å². The first-order valence-electron chi connectivity index (χ1n) is 8.74. The second kappa shape index (κ2) is 7.67. The van der Waals surface area contributed by atoms with Crippen LogP contribution in [-0.2, 0) is 7.05 Å². The third kappa shape index (κ3) is 3.70. The van der Waals surface area contributed by atoms with Crippen LogP contribution in [0.3, 0.4) is 0 Å². The average molecular weight is 375 g/mol. The smallest absolute Gasteiger partial charge is 0.223 e. The molecule has 0 saturated heterocycles. The molecule has 140 valence electrons. The van der Waals surface area contributed by atoms with E-state index in [-0.39, 0.29) is 11.9 Å². The van der Waals surface area contributed by atoms with Crippen molar-refractivity contribution in [3.05, 3.63) is 50.7 Å². The summed E-state index contributed by atoms with van der Waals surface area (Å²) in [6, 6.07) is 3.58. The van der Waals surface area contributed by atoms with Gasteiger partial charge in [-0.25, -0.2) is 4.68 Å². The summed E-state index contributed by atoms with van der Waals surface area (Å²) in [7, 11) is 1.79. The molecular formula is C21H27ClN2O2. The normalized spacial score (nSPS) is 11.0. The van der Waals surface area contributed by atoms with Crippen LogP contribution in [0.1, 0.15) is 67.4 Å². The molecule has 0 aliphatic carbocycles. The number of allylic oxidation sites excluding steroid dienone is 2. The number of halogens is 1. The molecule has 5 heteroatoms. The van der Waals surface area contributed by atoms with Crippen molar-refractivity contribution in [2.24, 2.45) is 7.05 Å². The molecule has 1 heterocycles. The molecule has 0 saturated carbocycles. The van der Waals surface area contributed by atoms with Crippen LogP contribution >= 0.6 is 11.6 Å². The molecule has 0 amide bonds. The predicted molar refractivity (Wildman–Crippen MR) is 107 cm³/mol. The maximum atomic E-state index is 13.4. The van der Waals surface area contributed by atoms with Crippen LogP contribution in [0.5, 0.6) is 5.88 Å². The van der Waals surface area contributed by atoms with Crippen molar-refractivity contribution in [2.45, 2.75) is 54.6 Å². The van der Waals surface area contributed by atoms with Gasteiger partial charge in [0.2, 0.25) is 11.7 Å². The number of rotatable bonds is 5. The van der Waals surface area contributed by atoms with Gasteiger partial charge in [-0.15, -0.1) is 0 Å². The second-order valence-electron chi connectivity index (χ2n) is 7.10. The number of hydrogen-bond donors (Lipinski definition) is 0. The Hall–Kier alpha value is -2.07. The maximum Gasteiger partial charge on any atom is 0.223 e. The number of carbonyl (C=O) groups excluding carboxylic acids is 1. The van der Waals surface area contributed by atoms with Gasteiger partial charge >= 0.3 is 0 Å². The van der Waals surface area contributed by atoms with Gasteiger partial charge in [0.15, 0.2) is 0 Å². The van der Waals surface area contributed by atoms with Crippen molar-refractivity contribution in [2.75, 3.05) is 0 Å². The van der Waals surface area contributed by atoms with Gasteiger partial charge < -0.3 is 4.74 Å². The third-order valence-corrected chi connectivity index (χ3v) is 4.84. The van der Waals surface area contributed by atoms with E-state index in [9.17, 15) is 4.79 Å². The molecule has 0 N–H and O–H groups in total. The molecule has 26 heavy (non-hydrogen) atoms. The van der Waals surface area contributed by atoms with Gasteiger partial charge in [-0.3, -0.25) is 4.79 Å². The van der Waals surface area contributed by atoms with E-state index in [1.165, 1.54) is 5.57 Å². The van der Waals surface area contributed by atoms with E-state index >= 15 is 0 Å². The molecule has 0 aliphatic heterocycles. The Morgan fingerprint density at radius 3 is 2.31 bits per heavy atom. The molecule has 0 radical (unpaired) electrons. The van der Waals surface area contributed by atoms with Gasteiger partial charge in [0, 0.05) is 17.6 Å². The molecule has 0 fully saturated rings. The van der Waals surface area contributed by atoms with Crippen LogP contribution < -0.4 is 4.74 Å². The van der Waals surface area contributed by atoms with E-state index < -0.39 is 0 Å². The zero-order valence-corrected chi connectivity index (χ0v) is 17.6. The minimum atomic E-state index is -0.0942. The zero-order chi connectivity index (χ0) is 19.8. The largest absolute Gasteiger partial charge is 0.475 e. The number of carbonyl (C=O) groups is 1. The van der Waals surface area contributed by atoms with Gasteiger partial charge in [0.1, 0.15) is 5.56 Å². The number of ether oxygens (including phenoxy) is 1. The highest BCUT2D eigenvalue weighted by Crippen LogP contribution is 2.34. The van der Waals surface area contributed by atoms with Gasteiger partial charge in [0.25, 0.3) is 0 Å². The lowest BCUT2D eigenvalue weighted by molar-refractivity contribution is 0.103. The minimum Gasteiger partial charge on any atom is -0.475 e. The van der Waals surface area contributed by atoms with E-state index in [1.807, 2.05) is 48.5 Å². The van der Waals surface area contributed by atoms with E-state index in [4.69, 9.17) is 16.3 Å². The summed E-state index contributed by atoms with van der Waals surface area (Å²) in [6.45, 7) is 13.7. The lowest BCUT2D eigenvalue weighted by Crippen LogP contribution is -2.13. The Bertz CT molecular complexity index is 888. The number of hydrogen-bond acceptors (Lipinski definition) is 3. The molecule has 1 aromatic carbocycles. The topological polar surface area (TPSA) is 44.1 Å². The number of aromatic nitrogens is 2. The Morgan fingerprint density at radius 1 is 1.15 bits per heavy atom. The first-order valence-corrected chi connectivity index (χ1v) is 9.12. The van der Waals surface area contributed by atoms with Crippen LogP contribution in [0.4, 0.5) is 0 Å². The summed E-state index contributed by atoms with van der Waals surface area (Å²) in [5, 5.41) is 5.03. The van der Waals surface area contributed by atoms with Crippen molar-refractivity contribution in [1.82, 2.24) is 9.78 Å². The molecule has 2 rings (SSSR count). The van der Waals surface area contributed by atoms with Gasteiger partial charge in [-0.2, -0.15) is 5.10 Å². The number of nitrogens with zero attached hydrogens (tertiary/aromatic N) is 2. The highest BCUT2D eigenvalue weighted by atomic mass is 35.5. The molecule has 0 aliphatic rings. The van der Waals surface area contributed by atoms with E-state index in [1.54, 1.807) is 23.9 Å². The number of aryl methyl sites for hydroxylation is 2. The molecule has 0 atom stereocenters. The first kappa shape index (κ1) is 20.2. The lowest BCUT2D eigenvalue weighted by Gasteiger charge is -2.16. The quantitative estimate of drug-likeness (QED) is 0.647. The molecule has 2 aromatic rings. The van der Waals surface area contributed by atoms with Crippen molar-refractivity contribution in [3.8, 4) is 5.88 Å². The Labute approximate surface area is 160 Å². The van der Waals surface area contributed by atoms with Crippen LogP contribution in [0.2, 0.25) is 5.02 Å². The van der Waals surface area contributed by atoms with E-state index in [0.717, 1.165) is 16.7 Å². The van der Waals surface area contributed by atoms with Gasteiger partial charge in [0.05, 0.1) is 11.8 Å². The van der Waals surface area contributed by atoms with E-state index in [2.05, 4.69) is 5.10 Å². The Kier molecular flexibility index (Phi) is 5.97.